The van der Waals surface area contributed by atoms with Crippen LogP contribution in [0.1, 0.15) is 316 Å². The molecule has 2 rings (SSSR count). The monoisotopic (exact) mass is 1440 g/mol. The molecule has 2 heterocycles. The van der Waals surface area contributed by atoms with Gasteiger partial charge in [0.2, 0.25) is 5.91 Å². The Kier molecular flexibility index (Phi) is 65.3. The lowest BCUT2D eigenvalue weighted by Gasteiger charge is -2.46. The molecule has 12 atom stereocenters. The normalized spacial score (nSPS) is 22.3. The summed E-state index contributed by atoms with van der Waals surface area (Å²) in [5.41, 5.74) is 0. The Labute approximate surface area is 627 Å². The van der Waals surface area contributed by atoms with E-state index < -0.39 is 86.8 Å². The standard InChI is InChI=1S/C89H151NO13/c1-3-5-7-9-11-13-15-17-19-21-23-25-27-29-31-33-34-35-36-37-38-39-40-41-42-43-44-45-47-49-51-53-55-57-59-61-63-65-67-69-71-73-81(94)90-77(76-100-88-86(99)84(97)87(80(75-92)102-88)103-89-85(98)83(96)82(95)79(74-91)101-89)78(93)72-70-68-66-64-62-60-58-56-54-52-50-48-46-32-30-28-26-24-22-20-18-16-14-12-10-8-6-4-2/h5,7,11,13,17,19,23,25,29,31,34-35,37-38,40-41,43-44,47,49,62,64,70,72,77-80,82-89,91-93,95-99H,3-4,6,8-10,12,14-16,18,20-22,24,26-28,30,32-33,36,39,42,45-46,48,50-61,63,65-69,71,73-76H2,1-2H3,(H,90,94)/b7-5-,13-11-,19-17-,25-23-,31-29-,35-34-,38-37-,41-40-,44-43-,49-47-,64-62+,72-70+. The molecule has 0 radical (unpaired) electrons. The molecule has 103 heavy (non-hydrogen) atoms. The third kappa shape index (κ3) is 53.3. The fourth-order valence-corrected chi connectivity index (χ4v) is 12.8. The lowest BCUT2D eigenvalue weighted by molar-refractivity contribution is -0.359. The summed E-state index contributed by atoms with van der Waals surface area (Å²) in [4.78, 5) is 13.4. The van der Waals surface area contributed by atoms with Crippen molar-refractivity contribution in [2.24, 2.45) is 0 Å². The van der Waals surface area contributed by atoms with Crippen LogP contribution in [0.15, 0.2) is 146 Å². The minimum atomic E-state index is -1.80. The first-order valence-corrected chi connectivity index (χ1v) is 41.6. The van der Waals surface area contributed by atoms with Crippen molar-refractivity contribution in [2.75, 3.05) is 19.8 Å². The second-order valence-electron chi connectivity index (χ2n) is 28.5. The highest BCUT2D eigenvalue weighted by molar-refractivity contribution is 5.76. The molecule has 0 bridgehead atoms. The van der Waals surface area contributed by atoms with Crippen LogP contribution in [0.25, 0.3) is 0 Å². The molecule has 2 saturated heterocycles. The molecule has 590 valence electrons. The summed E-state index contributed by atoms with van der Waals surface area (Å²) < 4.78 is 22.9. The maximum absolute atomic E-state index is 13.4. The van der Waals surface area contributed by atoms with Gasteiger partial charge < -0.3 is 65.1 Å². The van der Waals surface area contributed by atoms with Gasteiger partial charge in [-0.15, -0.1) is 0 Å². The van der Waals surface area contributed by atoms with Crippen LogP contribution in [0.4, 0.5) is 0 Å². The van der Waals surface area contributed by atoms with E-state index in [1.807, 2.05) is 6.08 Å². The number of aliphatic hydroxyl groups is 8. The van der Waals surface area contributed by atoms with Gasteiger partial charge in [-0.25, -0.2) is 0 Å². The number of hydrogen-bond acceptors (Lipinski definition) is 13. The van der Waals surface area contributed by atoms with E-state index in [0.717, 1.165) is 103 Å². The van der Waals surface area contributed by atoms with Gasteiger partial charge in [0.25, 0.3) is 0 Å². The molecule has 12 unspecified atom stereocenters. The van der Waals surface area contributed by atoms with Gasteiger partial charge in [-0.05, 0) is 109 Å². The van der Waals surface area contributed by atoms with Crippen LogP contribution in [-0.4, -0.2) is 140 Å². The van der Waals surface area contributed by atoms with Crippen molar-refractivity contribution < 1.29 is 64.6 Å². The molecule has 9 N–H and O–H groups in total. The minimum Gasteiger partial charge on any atom is -0.394 e. The maximum atomic E-state index is 13.4. The average molecular weight is 1440 g/mol. The molecule has 1 amide bonds. The van der Waals surface area contributed by atoms with Crippen molar-refractivity contribution >= 4 is 5.91 Å². The molecule has 0 aromatic carbocycles. The Morgan fingerprint density at radius 2 is 0.680 bits per heavy atom. The molecule has 14 heteroatoms. The minimum absolute atomic E-state index is 0.256. The van der Waals surface area contributed by atoms with E-state index in [-0.39, 0.29) is 18.9 Å². The first kappa shape index (κ1) is 94.9. The van der Waals surface area contributed by atoms with Crippen LogP contribution in [-0.2, 0) is 23.7 Å². The predicted molar refractivity (Wildman–Crippen MR) is 428 cm³/mol. The summed E-state index contributed by atoms with van der Waals surface area (Å²) in [7, 11) is 0. The zero-order valence-electron chi connectivity index (χ0n) is 64.8. The largest absolute Gasteiger partial charge is 0.394 e. The number of allylic oxidation sites excluding steroid dienone is 23. The molecular weight excluding hydrogens is 1290 g/mol. The van der Waals surface area contributed by atoms with Gasteiger partial charge in [0, 0.05) is 6.42 Å². The second kappa shape index (κ2) is 70.8. The maximum Gasteiger partial charge on any atom is 0.220 e. The third-order valence-corrected chi connectivity index (χ3v) is 19.3. The van der Waals surface area contributed by atoms with E-state index in [4.69, 9.17) is 18.9 Å². The molecular formula is C89H151NO13. The topological polar surface area (TPSA) is 228 Å². The van der Waals surface area contributed by atoms with Crippen LogP contribution in [0.5, 0.6) is 0 Å². The molecule has 0 spiro atoms. The van der Waals surface area contributed by atoms with Crippen LogP contribution in [0.3, 0.4) is 0 Å². The predicted octanol–water partition coefficient (Wildman–Crippen LogP) is 19.5. The Balaban J connectivity index is 1.63. The number of carbonyl (C=O) groups excluding carboxylic acids is 1. The lowest BCUT2D eigenvalue weighted by Crippen LogP contribution is -2.65. The zero-order chi connectivity index (χ0) is 74.4. The highest BCUT2D eigenvalue weighted by atomic mass is 16.7. The molecule has 2 fully saturated rings. The summed E-state index contributed by atoms with van der Waals surface area (Å²) in [6, 6.07) is -0.946. The molecule has 0 saturated carbocycles. The van der Waals surface area contributed by atoms with Gasteiger partial charge in [0.15, 0.2) is 12.6 Å². The smallest absolute Gasteiger partial charge is 0.220 e. The number of rotatable bonds is 68. The highest BCUT2D eigenvalue weighted by Gasteiger charge is 2.51. The molecule has 0 aliphatic carbocycles. The molecule has 14 nitrogen and oxygen atoms in total. The van der Waals surface area contributed by atoms with Crippen molar-refractivity contribution in [2.45, 2.75) is 389 Å². The van der Waals surface area contributed by atoms with Crippen molar-refractivity contribution in [3.05, 3.63) is 146 Å². The zero-order valence-corrected chi connectivity index (χ0v) is 64.8. The van der Waals surface area contributed by atoms with Crippen molar-refractivity contribution in [3.63, 3.8) is 0 Å². The molecule has 0 aromatic heterocycles. The summed E-state index contributed by atoms with van der Waals surface area (Å²) in [5, 5.41) is 87.7. The van der Waals surface area contributed by atoms with Gasteiger partial charge in [0.1, 0.15) is 48.8 Å². The van der Waals surface area contributed by atoms with E-state index in [1.165, 1.54) is 180 Å². The number of ether oxygens (including phenoxy) is 4. The first-order chi connectivity index (χ1) is 50.6. The lowest BCUT2D eigenvalue weighted by atomic mass is 9.97. The van der Waals surface area contributed by atoms with E-state index in [1.54, 1.807) is 6.08 Å². The van der Waals surface area contributed by atoms with Crippen molar-refractivity contribution in [3.8, 4) is 0 Å². The highest BCUT2D eigenvalue weighted by Crippen LogP contribution is 2.30. The van der Waals surface area contributed by atoms with E-state index in [2.05, 4.69) is 153 Å². The first-order valence-electron chi connectivity index (χ1n) is 41.6. The number of carbonyl (C=O) groups is 1. The number of aliphatic hydroxyl groups excluding tert-OH is 8. The molecule has 0 aromatic rings. The second-order valence-corrected chi connectivity index (χ2v) is 28.5. The average Bonchev–Trinajstić information content (AvgIpc) is 0.791. The summed E-state index contributed by atoms with van der Waals surface area (Å²) in [6.07, 6.45) is 90.7. The van der Waals surface area contributed by atoms with Gasteiger partial charge >= 0.3 is 0 Å². The Hall–Kier alpha value is -4.13. The van der Waals surface area contributed by atoms with E-state index in [0.29, 0.717) is 12.8 Å². The van der Waals surface area contributed by atoms with Gasteiger partial charge in [-0.1, -0.05) is 346 Å². The Morgan fingerprint density at radius 3 is 1.07 bits per heavy atom. The Bertz CT molecular complexity index is 2300. The van der Waals surface area contributed by atoms with Gasteiger partial charge in [-0.2, -0.15) is 0 Å². The van der Waals surface area contributed by atoms with Crippen LogP contribution >= 0.6 is 0 Å². The third-order valence-electron chi connectivity index (χ3n) is 19.3. The van der Waals surface area contributed by atoms with Crippen molar-refractivity contribution in [1.29, 1.82) is 0 Å². The summed E-state index contributed by atoms with van der Waals surface area (Å²) >= 11 is 0. The summed E-state index contributed by atoms with van der Waals surface area (Å²) in [5.74, 6) is -0.256. The van der Waals surface area contributed by atoms with Crippen molar-refractivity contribution in [1.82, 2.24) is 5.32 Å². The number of amides is 1. The van der Waals surface area contributed by atoms with Crippen LogP contribution < -0.4 is 5.32 Å². The van der Waals surface area contributed by atoms with E-state index >= 15 is 0 Å². The fourth-order valence-electron chi connectivity index (χ4n) is 12.8. The van der Waals surface area contributed by atoms with Crippen LogP contribution in [0.2, 0.25) is 0 Å². The van der Waals surface area contributed by atoms with E-state index in [9.17, 15) is 45.6 Å². The number of hydrogen-bond donors (Lipinski definition) is 9. The summed E-state index contributed by atoms with van der Waals surface area (Å²) in [6.45, 7) is 2.69. The Morgan fingerprint density at radius 1 is 0.359 bits per heavy atom. The SMILES string of the molecule is CC/C=C\C/C=C\C/C=C\C/C=C\C/C=C\C/C=C\C/C=C\C/C=C\C/C=C\C/C=C\CCCCCCCCCCCCC(=O)NC(COC1OC(CO)C(OC2OC(CO)C(O)C(O)C2O)C(O)C1O)C(O)/C=C/CC/C=C/CCCCCCCCCCCCCCCCCCCCCCCC. The number of nitrogens with one attached hydrogen (secondary N) is 1. The van der Waals surface area contributed by atoms with Gasteiger partial charge in [-0.3, -0.25) is 4.79 Å². The molecule has 2 aliphatic heterocycles. The fraction of sp³-hybridized carbons (Fsp3) is 0.719. The van der Waals surface area contributed by atoms with Crippen LogP contribution in [0, 0.1) is 0 Å². The number of unbranched alkanes of at least 4 members (excludes halogenated alkanes) is 33. The molecule has 2 aliphatic rings. The van der Waals surface area contributed by atoms with Gasteiger partial charge in [0.05, 0.1) is 32.0 Å². The quantitative estimate of drug-likeness (QED) is 0.0204.